The summed E-state index contributed by atoms with van der Waals surface area (Å²) < 4.78 is 9.22. The number of carbonyl (C=O) groups is 1. The zero-order valence-electron chi connectivity index (χ0n) is 20.7. The van der Waals surface area contributed by atoms with Crippen molar-refractivity contribution in [1.29, 1.82) is 0 Å². The number of benzene rings is 3. The van der Waals surface area contributed by atoms with E-state index in [1.807, 2.05) is 41.2 Å². The van der Waals surface area contributed by atoms with Gasteiger partial charge in [-0.3, -0.25) is 9.48 Å². The number of ether oxygens (including phenoxy) is 1. The van der Waals surface area contributed by atoms with Gasteiger partial charge in [-0.15, -0.1) is 0 Å². The standard InChI is InChI=1S/C29H29N5O2/c1-29(2,3)23-11-13-24(14-12-23)36-20-34-17-15-26(31-34)28(35)30-27-16-18-33(32-27)19-22-9-6-8-21-7-4-5-10-25(21)22/h4-18H,19-20H2,1-3H3,(H,30,32,35). The number of hydrogen-bond acceptors (Lipinski definition) is 4. The minimum atomic E-state index is -0.321. The van der Waals surface area contributed by atoms with Gasteiger partial charge in [0.05, 0.1) is 6.54 Å². The van der Waals surface area contributed by atoms with E-state index < -0.39 is 0 Å². The van der Waals surface area contributed by atoms with Crippen molar-refractivity contribution in [3.8, 4) is 5.75 Å². The predicted molar refractivity (Wildman–Crippen MR) is 141 cm³/mol. The lowest BCUT2D eigenvalue weighted by atomic mass is 9.87. The highest BCUT2D eigenvalue weighted by Gasteiger charge is 2.14. The highest BCUT2D eigenvalue weighted by molar-refractivity contribution is 6.02. The number of aromatic nitrogens is 4. The molecule has 3 aromatic carbocycles. The molecule has 182 valence electrons. The summed E-state index contributed by atoms with van der Waals surface area (Å²) in [5, 5.41) is 14.0. The van der Waals surface area contributed by atoms with Gasteiger partial charge in [0.15, 0.2) is 18.2 Å². The van der Waals surface area contributed by atoms with Crippen molar-refractivity contribution in [1.82, 2.24) is 19.6 Å². The van der Waals surface area contributed by atoms with E-state index in [4.69, 9.17) is 4.74 Å². The van der Waals surface area contributed by atoms with Crippen LogP contribution in [0.25, 0.3) is 10.8 Å². The van der Waals surface area contributed by atoms with Gasteiger partial charge in [-0.1, -0.05) is 75.4 Å². The Morgan fingerprint density at radius 1 is 0.861 bits per heavy atom. The third kappa shape index (κ3) is 5.30. The second-order valence-corrected chi connectivity index (χ2v) is 9.78. The number of carbonyl (C=O) groups excluding carboxylic acids is 1. The summed E-state index contributed by atoms with van der Waals surface area (Å²) in [7, 11) is 0. The molecule has 1 amide bonds. The predicted octanol–water partition coefficient (Wildman–Crippen LogP) is 5.87. The number of nitrogens with one attached hydrogen (secondary N) is 1. The van der Waals surface area contributed by atoms with Crippen LogP contribution in [0.5, 0.6) is 5.75 Å². The van der Waals surface area contributed by atoms with E-state index in [9.17, 15) is 4.79 Å². The van der Waals surface area contributed by atoms with Gasteiger partial charge in [0.1, 0.15) is 5.75 Å². The van der Waals surface area contributed by atoms with Crippen molar-refractivity contribution < 1.29 is 9.53 Å². The van der Waals surface area contributed by atoms with Gasteiger partial charge >= 0.3 is 0 Å². The molecular formula is C29H29N5O2. The van der Waals surface area contributed by atoms with Crippen LogP contribution in [0.15, 0.2) is 91.3 Å². The van der Waals surface area contributed by atoms with Gasteiger partial charge in [-0.25, -0.2) is 4.68 Å². The molecule has 0 saturated heterocycles. The molecule has 0 bridgehead atoms. The number of nitrogens with zero attached hydrogens (tertiary/aromatic N) is 4. The molecule has 0 aliphatic rings. The maximum absolute atomic E-state index is 12.7. The summed E-state index contributed by atoms with van der Waals surface area (Å²) in [6.07, 6.45) is 3.58. The Labute approximate surface area is 210 Å². The number of amides is 1. The minimum absolute atomic E-state index is 0.0918. The van der Waals surface area contributed by atoms with E-state index in [1.54, 1.807) is 23.0 Å². The fourth-order valence-electron chi connectivity index (χ4n) is 4.05. The zero-order chi connectivity index (χ0) is 25.1. The Hall–Kier alpha value is -4.39. The van der Waals surface area contributed by atoms with Gasteiger partial charge in [-0.2, -0.15) is 10.2 Å². The number of anilines is 1. The summed E-state index contributed by atoms with van der Waals surface area (Å²) >= 11 is 0. The summed E-state index contributed by atoms with van der Waals surface area (Å²) in [4.78, 5) is 12.7. The smallest absolute Gasteiger partial charge is 0.277 e. The highest BCUT2D eigenvalue weighted by Crippen LogP contribution is 2.24. The molecule has 0 spiro atoms. The monoisotopic (exact) mass is 479 g/mol. The third-order valence-electron chi connectivity index (χ3n) is 6.05. The van der Waals surface area contributed by atoms with Gasteiger partial charge < -0.3 is 10.1 Å². The Morgan fingerprint density at radius 2 is 1.61 bits per heavy atom. The first-order chi connectivity index (χ1) is 17.3. The van der Waals surface area contributed by atoms with E-state index in [-0.39, 0.29) is 18.1 Å². The molecule has 2 heterocycles. The van der Waals surface area contributed by atoms with Crippen molar-refractivity contribution in [2.45, 2.75) is 39.5 Å². The van der Waals surface area contributed by atoms with E-state index in [1.165, 1.54) is 21.9 Å². The normalized spacial score (nSPS) is 11.5. The largest absolute Gasteiger partial charge is 0.471 e. The van der Waals surface area contributed by atoms with Crippen LogP contribution in [0.2, 0.25) is 0 Å². The Morgan fingerprint density at radius 3 is 2.42 bits per heavy atom. The van der Waals surface area contributed by atoms with Gasteiger partial charge in [-0.05, 0) is 45.5 Å². The van der Waals surface area contributed by atoms with Crippen molar-refractivity contribution in [2.24, 2.45) is 0 Å². The molecule has 0 aliphatic heterocycles. The lowest BCUT2D eigenvalue weighted by molar-refractivity contribution is 0.101. The average Bonchev–Trinajstić information content (AvgIpc) is 3.52. The van der Waals surface area contributed by atoms with Crippen LogP contribution in [-0.2, 0) is 18.7 Å². The lowest BCUT2D eigenvalue weighted by Gasteiger charge is -2.19. The Bertz CT molecular complexity index is 1490. The third-order valence-corrected chi connectivity index (χ3v) is 6.05. The van der Waals surface area contributed by atoms with Crippen LogP contribution in [0.1, 0.15) is 42.4 Å². The molecule has 0 radical (unpaired) electrons. The second-order valence-electron chi connectivity index (χ2n) is 9.78. The number of hydrogen-bond donors (Lipinski definition) is 1. The van der Waals surface area contributed by atoms with Gasteiger partial charge in [0.25, 0.3) is 5.91 Å². The van der Waals surface area contributed by atoms with Crippen LogP contribution < -0.4 is 10.1 Å². The molecule has 5 aromatic rings. The minimum Gasteiger partial charge on any atom is -0.471 e. The first kappa shape index (κ1) is 23.4. The maximum Gasteiger partial charge on any atom is 0.277 e. The Balaban J connectivity index is 1.18. The SMILES string of the molecule is CC(C)(C)c1ccc(OCn2ccc(C(=O)Nc3ccn(Cc4cccc5ccccc45)n3)n2)cc1. The molecule has 0 unspecified atom stereocenters. The van der Waals surface area contributed by atoms with Crippen LogP contribution in [-0.4, -0.2) is 25.5 Å². The van der Waals surface area contributed by atoms with E-state index >= 15 is 0 Å². The topological polar surface area (TPSA) is 74.0 Å². The first-order valence-electron chi connectivity index (χ1n) is 11.9. The molecule has 0 atom stereocenters. The van der Waals surface area contributed by atoms with Crippen LogP contribution in [0.3, 0.4) is 0 Å². The summed E-state index contributed by atoms with van der Waals surface area (Å²) in [6, 6.07) is 26.0. The molecule has 0 saturated carbocycles. The maximum atomic E-state index is 12.7. The van der Waals surface area contributed by atoms with E-state index in [0.29, 0.717) is 18.1 Å². The second kappa shape index (κ2) is 9.70. The molecule has 0 fully saturated rings. The summed E-state index contributed by atoms with van der Waals surface area (Å²) in [6.45, 7) is 7.35. The lowest BCUT2D eigenvalue weighted by Crippen LogP contribution is -2.15. The van der Waals surface area contributed by atoms with Crippen molar-refractivity contribution in [3.63, 3.8) is 0 Å². The molecule has 36 heavy (non-hydrogen) atoms. The molecule has 7 heteroatoms. The van der Waals surface area contributed by atoms with Gasteiger partial charge in [0.2, 0.25) is 0 Å². The molecule has 1 N–H and O–H groups in total. The molecule has 5 rings (SSSR count). The van der Waals surface area contributed by atoms with Crippen LogP contribution >= 0.6 is 0 Å². The van der Waals surface area contributed by atoms with Crippen molar-refractivity contribution >= 4 is 22.5 Å². The van der Waals surface area contributed by atoms with Crippen molar-refractivity contribution in [2.75, 3.05) is 5.32 Å². The summed E-state index contributed by atoms with van der Waals surface area (Å²) in [5.74, 6) is 0.907. The number of rotatable bonds is 7. The molecule has 7 nitrogen and oxygen atoms in total. The Kier molecular flexibility index (Phi) is 6.29. The zero-order valence-corrected chi connectivity index (χ0v) is 20.7. The fourth-order valence-corrected chi connectivity index (χ4v) is 4.05. The molecular weight excluding hydrogens is 450 g/mol. The molecule has 2 aromatic heterocycles. The first-order valence-corrected chi connectivity index (χ1v) is 11.9. The summed E-state index contributed by atoms with van der Waals surface area (Å²) in [5.41, 5.74) is 2.80. The fraction of sp³-hybridized carbons (Fsp3) is 0.207. The average molecular weight is 480 g/mol. The van der Waals surface area contributed by atoms with Crippen molar-refractivity contribution in [3.05, 3.63) is 108 Å². The van der Waals surface area contributed by atoms with Gasteiger partial charge in [0, 0.05) is 18.5 Å². The molecule has 0 aliphatic carbocycles. The number of fused-ring (bicyclic) bond motifs is 1. The van der Waals surface area contributed by atoms with E-state index in [0.717, 1.165) is 5.75 Å². The quantitative estimate of drug-likeness (QED) is 0.317. The van der Waals surface area contributed by atoms with E-state index in [2.05, 4.69) is 72.7 Å². The van der Waals surface area contributed by atoms with Crippen LogP contribution in [0.4, 0.5) is 5.82 Å². The van der Waals surface area contributed by atoms with Crippen LogP contribution in [0, 0.1) is 0 Å². The highest BCUT2D eigenvalue weighted by atomic mass is 16.5.